The molecule has 0 radical (unpaired) electrons. The van der Waals surface area contributed by atoms with Crippen molar-refractivity contribution in [2.24, 2.45) is 0 Å². The third kappa shape index (κ3) is 5.78. The van der Waals surface area contributed by atoms with Gasteiger partial charge in [-0.05, 0) is 68.4 Å². The average molecular weight is 539 g/mol. The summed E-state index contributed by atoms with van der Waals surface area (Å²) in [6.45, 7) is 14.5. The van der Waals surface area contributed by atoms with Crippen LogP contribution in [0.2, 0.25) is 18.1 Å². The maximum absolute atomic E-state index is 13.1. The lowest BCUT2D eigenvalue weighted by atomic mass is 9.82. The molecule has 0 bridgehead atoms. The molecule has 2 aromatic rings. The molecular formula is C30H38O7Si. The van der Waals surface area contributed by atoms with E-state index >= 15 is 0 Å². The summed E-state index contributed by atoms with van der Waals surface area (Å²) in [7, 11) is -2.25. The van der Waals surface area contributed by atoms with Gasteiger partial charge in [0.25, 0.3) is 0 Å². The zero-order chi connectivity index (χ0) is 27.8. The predicted molar refractivity (Wildman–Crippen MR) is 146 cm³/mol. The van der Waals surface area contributed by atoms with Crippen LogP contribution in [0.1, 0.15) is 55.3 Å². The monoisotopic (exact) mass is 538 g/mol. The minimum Gasteiger partial charge on any atom is -0.452 e. The molecule has 1 heterocycles. The number of hydrogen-bond donors (Lipinski definition) is 0. The Bertz CT molecular complexity index is 1170. The van der Waals surface area contributed by atoms with E-state index in [2.05, 4.69) is 33.9 Å². The minimum absolute atomic E-state index is 0.0615. The van der Waals surface area contributed by atoms with E-state index in [0.29, 0.717) is 11.1 Å². The highest BCUT2D eigenvalue weighted by Gasteiger charge is 2.64. The van der Waals surface area contributed by atoms with Crippen molar-refractivity contribution in [1.82, 2.24) is 0 Å². The number of carbonyl (C=O) groups is 2. The molecule has 1 fully saturated rings. The molecule has 1 saturated heterocycles. The van der Waals surface area contributed by atoms with Gasteiger partial charge < -0.3 is 23.4 Å². The number of esters is 2. The topological polar surface area (TPSA) is 80.3 Å². The number of carbonyl (C=O) groups excluding carboxylic acids is 2. The molecule has 0 saturated carbocycles. The summed E-state index contributed by atoms with van der Waals surface area (Å²) in [5.41, 5.74) is -0.381. The lowest BCUT2D eigenvalue weighted by Gasteiger charge is -2.45. The van der Waals surface area contributed by atoms with E-state index in [1.54, 1.807) is 74.5 Å². The smallest absolute Gasteiger partial charge is 0.338 e. The summed E-state index contributed by atoms with van der Waals surface area (Å²) in [5, 5.41) is -0.0615. The fraction of sp³-hybridized carbons (Fsp3) is 0.467. The fourth-order valence-corrected chi connectivity index (χ4v) is 5.47. The third-order valence-electron chi connectivity index (χ3n) is 7.54. The zero-order valence-corrected chi connectivity index (χ0v) is 24.2. The first-order valence-corrected chi connectivity index (χ1v) is 15.9. The average Bonchev–Trinajstić information content (AvgIpc) is 3.16. The molecule has 4 atom stereocenters. The Balaban J connectivity index is 1.70. The molecule has 2 aliphatic rings. The summed E-state index contributed by atoms with van der Waals surface area (Å²) >= 11 is 0. The van der Waals surface area contributed by atoms with Gasteiger partial charge in [0.2, 0.25) is 0 Å². The van der Waals surface area contributed by atoms with Crippen molar-refractivity contribution in [1.29, 1.82) is 0 Å². The van der Waals surface area contributed by atoms with Crippen molar-refractivity contribution in [2.45, 2.75) is 82.5 Å². The van der Waals surface area contributed by atoms with Crippen LogP contribution < -0.4 is 0 Å². The third-order valence-corrected chi connectivity index (χ3v) is 12.0. The molecule has 0 aromatic heterocycles. The molecule has 1 aliphatic carbocycles. The zero-order valence-electron chi connectivity index (χ0n) is 23.2. The molecule has 2 aromatic carbocycles. The standard InChI is InChI=1S/C30H38O7Si/c1-28(2,3)38(6,7)33-20-30-24(35-27(32)22-16-12-9-13-17-22)19-18-23(25(30)36-29(4,5)37-30)34-26(31)21-14-10-8-11-15-21/h8-19,23-25H,20H2,1-7H3/t23-,24+,25+,30-/m0/s1. The fourth-order valence-electron chi connectivity index (χ4n) is 4.45. The molecule has 0 N–H and O–H groups in total. The highest BCUT2D eigenvalue weighted by atomic mass is 28.4. The quantitative estimate of drug-likeness (QED) is 0.246. The second kappa shape index (κ2) is 10.4. The Morgan fingerprint density at radius 2 is 1.39 bits per heavy atom. The van der Waals surface area contributed by atoms with Crippen LogP contribution in [0.25, 0.3) is 0 Å². The molecule has 0 spiro atoms. The lowest BCUT2D eigenvalue weighted by Crippen LogP contribution is -2.62. The van der Waals surface area contributed by atoms with Gasteiger partial charge in [-0.15, -0.1) is 0 Å². The second-order valence-electron chi connectivity index (χ2n) is 11.9. The van der Waals surface area contributed by atoms with E-state index < -0.39 is 50.0 Å². The number of benzene rings is 2. The first kappa shape index (κ1) is 28.2. The first-order valence-electron chi connectivity index (χ1n) is 13.0. The van der Waals surface area contributed by atoms with Gasteiger partial charge in [-0.1, -0.05) is 57.2 Å². The number of ether oxygens (including phenoxy) is 4. The number of fused-ring (bicyclic) bond motifs is 1. The van der Waals surface area contributed by atoms with Crippen LogP contribution in [0.5, 0.6) is 0 Å². The molecule has 1 aliphatic heterocycles. The van der Waals surface area contributed by atoms with Crippen molar-refractivity contribution >= 4 is 20.3 Å². The second-order valence-corrected chi connectivity index (χ2v) is 16.7. The molecule has 0 amide bonds. The van der Waals surface area contributed by atoms with Crippen LogP contribution in [0.15, 0.2) is 72.8 Å². The van der Waals surface area contributed by atoms with E-state index in [-0.39, 0.29) is 11.6 Å². The van der Waals surface area contributed by atoms with Crippen molar-refractivity contribution in [2.75, 3.05) is 6.61 Å². The van der Waals surface area contributed by atoms with Gasteiger partial charge in [0, 0.05) is 0 Å². The molecule has 0 unspecified atom stereocenters. The van der Waals surface area contributed by atoms with Crippen molar-refractivity contribution in [3.8, 4) is 0 Å². The predicted octanol–water partition coefficient (Wildman–Crippen LogP) is 5.92. The minimum atomic E-state index is -2.25. The van der Waals surface area contributed by atoms with E-state index in [1.165, 1.54) is 0 Å². The summed E-state index contributed by atoms with van der Waals surface area (Å²) in [6.07, 6.45) is 1.05. The van der Waals surface area contributed by atoms with Crippen LogP contribution in [0, 0.1) is 0 Å². The molecule has 8 heteroatoms. The van der Waals surface area contributed by atoms with Crippen LogP contribution in [0.4, 0.5) is 0 Å². The Hall–Kier alpha value is -2.78. The number of rotatable bonds is 7. The van der Waals surface area contributed by atoms with Gasteiger partial charge in [-0.2, -0.15) is 0 Å². The van der Waals surface area contributed by atoms with E-state index in [0.717, 1.165) is 0 Å². The lowest BCUT2D eigenvalue weighted by molar-refractivity contribution is -0.187. The van der Waals surface area contributed by atoms with Gasteiger partial charge in [0.1, 0.15) is 12.2 Å². The Morgan fingerprint density at radius 3 is 1.92 bits per heavy atom. The highest BCUT2D eigenvalue weighted by molar-refractivity contribution is 6.74. The molecular weight excluding hydrogens is 500 g/mol. The Morgan fingerprint density at radius 1 is 0.868 bits per heavy atom. The Labute approximate surface area is 226 Å². The van der Waals surface area contributed by atoms with Gasteiger partial charge in [0.05, 0.1) is 17.7 Å². The Kier molecular flexibility index (Phi) is 7.73. The largest absolute Gasteiger partial charge is 0.452 e. The van der Waals surface area contributed by atoms with E-state index in [4.69, 9.17) is 23.4 Å². The maximum atomic E-state index is 13.1. The summed E-state index contributed by atoms with van der Waals surface area (Å²) < 4.78 is 31.6. The molecule has 38 heavy (non-hydrogen) atoms. The number of hydrogen-bond acceptors (Lipinski definition) is 7. The van der Waals surface area contributed by atoms with Gasteiger partial charge in [-0.25, -0.2) is 9.59 Å². The van der Waals surface area contributed by atoms with Crippen molar-refractivity contribution in [3.05, 3.63) is 83.9 Å². The van der Waals surface area contributed by atoms with E-state index in [1.807, 2.05) is 12.1 Å². The van der Waals surface area contributed by atoms with Crippen LogP contribution in [-0.2, 0) is 23.4 Å². The summed E-state index contributed by atoms with van der Waals surface area (Å²) in [6, 6.07) is 17.6. The van der Waals surface area contributed by atoms with E-state index in [9.17, 15) is 9.59 Å². The summed E-state index contributed by atoms with van der Waals surface area (Å²) in [5.74, 6) is -2.01. The van der Waals surface area contributed by atoms with Crippen LogP contribution in [0.3, 0.4) is 0 Å². The van der Waals surface area contributed by atoms with Gasteiger partial charge in [0.15, 0.2) is 25.8 Å². The first-order chi connectivity index (χ1) is 17.7. The van der Waals surface area contributed by atoms with Crippen LogP contribution >= 0.6 is 0 Å². The molecule has 4 rings (SSSR count). The maximum Gasteiger partial charge on any atom is 0.338 e. The highest BCUT2D eigenvalue weighted by Crippen LogP contribution is 2.47. The SMILES string of the molecule is CC1(C)O[C@@H]2[C@@H](OC(=O)c3ccccc3)C=C[C@@H](OC(=O)c3ccccc3)[C@]2(CO[Si](C)(C)C(C)(C)C)O1. The van der Waals surface area contributed by atoms with Crippen molar-refractivity contribution < 1.29 is 33.0 Å². The van der Waals surface area contributed by atoms with Crippen LogP contribution in [-0.4, -0.2) is 56.6 Å². The van der Waals surface area contributed by atoms with Crippen molar-refractivity contribution in [3.63, 3.8) is 0 Å². The molecule has 7 nitrogen and oxygen atoms in total. The normalized spacial score (nSPS) is 26.4. The summed E-state index contributed by atoms with van der Waals surface area (Å²) in [4.78, 5) is 26.1. The van der Waals surface area contributed by atoms with Gasteiger partial charge >= 0.3 is 11.9 Å². The van der Waals surface area contributed by atoms with Gasteiger partial charge in [-0.3, -0.25) is 0 Å². The molecule has 204 valence electrons.